The average Bonchev–Trinajstić information content (AvgIpc) is 2.27. The van der Waals surface area contributed by atoms with Crippen molar-refractivity contribution in [2.24, 2.45) is 0 Å². The summed E-state index contributed by atoms with van der Waals surface area (Å²) in [4.78, 5) is 4.25. The van der Waals surface area contributed by atoms with Crippen LogP contribution in [0.1, 0.15) is 11.4 Å². The van der Waals surface area contributed by atoms with E-state index in [0.717, 1.165) is 35.3 Å². The van der Waals surface area contributed by atoms with Crippen molar-refractivity contribution < 1.29 is 8.78 Å². The van der Waals surface area contributed by atoms with E-state index in [-0.39, 0.29) is 10.6 Å². The number of thioether (sulfide) groups is 1. The van der Waals surface area contributed by atoms with E-state index >= 15 is 0 Å². The Morgan fingerprint density at radius 3 is 2.50 bits per heavy atom. The first-order valence-electron chi connectivity index (χ1n) is 5.36. The zero-order chi connectivity index (χ0) is 13.1. The second kappa shape index (κ2) is 5.35. The van der Waals surface area contributed by atoms with Gasteiger partial charge in [-0.05, 0) is 31.2 Å². The number of halogens is 2. The molecule has 2 nitrogen and oxygen atoms in total. The summed E-state index contributed by atoms with van der Waals surface area (Å²) in [5.74, 6) is -0.852. The SMILES string of the molecule is Cc1cccc(CSc2c(F)cc(N)cc2F)n1. The van der Waals surface area contributed by atoms with Crippen molar-refractivity contribution in [2.75, 3.05) is 5.73 Å². The molecule has 0 aliphatic rings. The lowest BCUT2D eigenvalue weighted by molar-refractivity contribution is 0.542. The quantitative estimate of drug-likeness (QED) is 0.682. The van der Waals surface area contributed by atoms with Gasteiger partial charge in [-0.3, -0.25) is 4.98 Å². The summed E-state index contributed by atoms with van der Waals surface area (Å²) < 4.78 is 27.1. The smallest absolute Gasteiger partial charge is 0.141 e. The fourth-order valence-corrected chi connectivity index (χ4v) is 2.39. The maximum atomic E-state index is 13.5. The van der Waals surface area contributed by atoms with Crippen molar-refractivity contribution in [1.82, 2.24) is 4.98 Å². The maximum Gasteiger partial charge on any atom is 0.141 e. The van der Waals surface area contributed by atoms with Gasteiger partial charge >= 0.3 is 0 Å². The first-order chi connectivity index (χ1) is 8.56. The van der Waals surface area contributed by atoms with E-state index in [9.17, 15) is 8.78 Å². The second-order valence-corrected chi connectivity index (χ2v) is 4.86. The Hall–Kier alpha value is -1.62. The lowest BCUT2D eigenvalue weighted by atomic mass is 10.3. The van der Waals surface area contributed by atoms with Crippen molar-refractivity contribution in [1.29, 1.82) is 0 Å². The number of rotatable bonds is 3. The molecule has 0 atom stereocenters. The summed E-state index contributed by atoms with van der Waals surface area (Å²) in [6, 6.07) is 7.81. The normalized spacial score (nSPS) is 10.6. The van der Waals surface area contributed by atoms with Gasteiger partial charge in [-0.25, -0.2) is 8.78 Å². The van der Waals surface area contributed by atoms with Crippen LogP contribution in [-0.2, 0) is 5.75 Å². The number of aryl methyl sites for hydroxylation is 1. The third kappa shape index (κ3) is 2.98. The van der Waals surface area contributed by atoms with Crippen LogP contribution in [0.15, 0.2) is 35.2 Å². The third-order valence-electron chi connectivity index (χ3n) is 2.33. The van der Waals surface area contributed by atoms with E-state index in [2.05, 4.69) is 4.98 Å². The predicted molar refractivity (Wildman–Crippen MR) is 69.3 cm³/mol. The summed E-state index contributed by atoms with van der Waals surface area (Å²) in [5.41, 5.74) is 7.11. The highest BCUT2D eigenvalue weighted by atomic mass is 32.2. The Morgan fingerprint density at radius 2 is 1.89 bits per heavy atom. The van der Waals surface area contributed by atoms with Gasteiger partial charge in [-0.2, -0.15) is 0 Å². The van der Waals surface area contributed by atoms with Crippen molar-refractivity contribution >= 4 is 17.4 Å². The number of pyridine rings is 1. The number of hydrogen-bond donors (Lipinski definition) is 1. The van der Waals surface area contributed by atoms with Crippen LogP contribution in [0.25, 0.3) is 0 Å². The molecule has 0 aliphatic heterocycles. The van der Waals surface area contributed by atoms with Crippen LogP contribution >= 0.6 is 11.8 Å². The van der Waals surface area contributed by atoms with Crippen LogP contribution in [0.3, 0.4) is 0 Å². The summed E-state index contributed by atoms with van der Waals surface area (Å²) in [6.07, 6.45) is 0. The molecule has 0 saturated carbocycles. The fourth-order valence-electron chi connectivity index (χ4n) is 1.54. The largest absolute Gasteiger partial charge is 0.399 e. The average molecular weight is 266 g/mol. The van der Waals surface area contributed by atoms with Crippen LogP contribution in [-0.4, -0.2) is 4.98 Å². The standard InChI is InChI=1S/C13H12F2N2S/c1-8-3-2-4-10(17-8)7-18-13-11(14)5-9(16)6-12(13)15/h2-6H,7,16H2,1H3. The van der Waals surface area contributed by atoms with E-state index in [4.69, 9.17) is 5.73 Å². The molecule has 0 radical (unpaired) electrons. The Balaban J connectivity index is 2.16. The summed E-state index contributed by atoms with van der Waals surface area (Å²) in [6.45, 7) is 1.87. The second-order valence-electron chi connectivity index (χ2n) is 3.87. The zero-order valence-corrected chi connectivity index (χ0v) is 10.6. The molecule has 2 N–H and O–H groups in total. The number of anilines is 1. The van der Waals surface area contributed by atoms with Gasteiger partial charge in [0.25, 0.3) is 0 Å². The van der Waals surface area contributed by atoms with Crippen molar-refractivity contribution in [2.45, 2.75) is 17.6 Å². The number of nitrogens with zero attached hydrogens (tertiary/aromatic N) is 1. The van der Waals surface area contributed by atoms with Crippen molar-refractivity contribution in [3.63, 3.8) is 0 Å². The van der Waals surface area contributed by atoms with Gasteiger partial charge in [0.05, 0.1) is 10.6 Å². The molecule has 2 rings (SSSR count). The molecule has 0 saturated heterocycles. The van der Waals surface area contributed by atoms with Gasteiger partial charge in [0.2, 0.25) is 0 Å². The zero-order valence-electron chi connectivity index (χ0n) is 9.78. The Labute approximate surface area is 108 Å². The molecule has 18 heavy (non-hydrogen) atoms. The van der Waals surface area contributed by atoms with E-state index < -0.39 is 11.6 Å². The number of nitrogen functional groups attached to an aromatic ring is 1. The van der Waals surface area contributed by atoms with Crippen molar-refractivity contribution in [3.8, 4) is 0 Å². The molecule has 0 aliphatic carbocycles. The summed E-state index contributed by atoms with van der Waals surface area (Å²) >= 11 is 1.08. The van der Waals surface area contributed by atoms with E-state index in [1.165, 1.54) is 0 Å². The Morgan fingerprint density at radius 1 is 1.22 bits per heavy atom. The Kier molecular flexibility index (Phi) is 3.81. The van der Waals surface area contributed by atoms with Gasteiger partial charge < -0.3 is 5.73 Å². The monoisotopic (exact) mass is 266 g/mol. The van der Waals surface area contributed by atoms with E-state index in [1.54, 1.807) is 0 Å². The minimum absolute atomic E-state index is 0.0208. The predicted octanol–water partition coefficient (Wildman–Crippen LogP) is 3.54. The molecule has 2 aromatic rings. The number of aromatic nitrogens is 1. The molecule has 0 bridgehead atoms. The molecule has 0 amide bonds. The maximum absolute atomic E-state index is 13.5. The highest BCUT2D eigenvalue weighted by molar-refractivity contribution is 7.98. The minimum atomic E-state index is -0.634. The molecule has 94 valence electrons. The fraction of sp³-hybridized carbons (Fsp3) is 0.154. The van der Waals surface area contributed by atoms with Crippen LogP contribution in [0.2, 0.25) is 0 Å². The summed E-state index contributed by atoms with van der Waals surface area (Å²) in [7, 11) is 0. The molecule has 0 unspecified atom stereocenters. The highest BCUT2D eigenvalue weighted by Crippen LogP contribution is 2.29. The van der Waals surface area contributed by atoms with Gasteiger partial charge in [-0.15, -0.1) is 11.8 Å². The first kappa shape index (κ1) is 12.8. The lowest BCUT2D eigenvalue weighted by Gasteiger charge is -2.06. The number of nitrogens with two attached hydrogens (primary N) is 1. The van der Waals surface area contributed by atoms with Crippen LogP contribution in [0.4, 0.5) is 14.5 Å². The van der Waals surface area contributed by atoms with Crippen molar-refractivity contribution in [3.05, 3.63) is 53.4 Å². The summed E-state index contributed by atoms with van der Waals surface area (Å²) in [5, 5.41) is 0. The van der Waals surface area contributed by atoms with Crippen LogP contribution < -0.4 is 5.73 Å². The van der Waals surface area contributed by atoms with E-state index in [0.29, 0.717) is 5.75 Å². The molecule has 0 fully saturated rings. The van der Waals surface area contributed by atoms with Gasteiger partial charge in [0.15, 0.2) is 0 Å². The molecular weight excluding hydrogens is 254 g/mol. The van der Waals surface area contributed by atoms with Gasteiger partial charge in [0.1, 0.15) is 11.6 Å². The van der Waals surface area contributed by atoms with Gasteiger partial charge in [0, 0.05) is 17.1 Å². The van der Waals surface area contributed by atoms with Gasteiger partial charge in [-0.1, -0.05) is 6.07 Å². The van der Waals surface area contributed by atoms with Crippen LogP contribution in [0, 0.1) is 18.6 Å². The molecule has 5 heteroatoms. The molecule has 1 heterocycles. The van der Waals surface area contributed by atoms with Crippen LogP contribution in [0.5, 0.6) is 0 Å². The Bertz CT molecular complexity index is 550. The molecule has 1 aromatic heterocycles. The first-order valence-corrected chi connectivity index (χ1v) is 6.34. The molecular formula is C13H12F2N2S. The van der Waals surface area contributed by atoms with E-state index in [1.807, 2.05) is 25.1 Å². The number of hydrogen-bond acceptors (Lipinski definition) is 3. The third-order valence-corrected chi connectivity index (χ3v) is 3.45. The lowest BCUT2D eigenvalue weighted by Crippen LogP contribution is -1.94. The topological polar surface area (TPSA) is 38.9 Å². The highest BCUT2D eigenvalue weighted by Gasteiger charge is 2.11. The number of benzene rings is 1. The molecule has 1 aromatic carbocycles. The minimum Gasteiger partial charge on any atom is -0.399 e. The molecule has 0 spiro atoms.